The van der Waals surface area contributed by atoms with E-state index in [0.29, 0.717) is 28.3 Å². The molecule has 5 nitrogen and oxygen atoms in total. The predicted octanol–water partition coefficient (Wildman–Crippen LogP) is 3.77. The minimum Gasteiger partial charge on any atom is -0.349 e. The molecule has 120 valence electrons. The van der Waals surface area contributed by atoms with Gasteiger partial charge >= 0.3 is 0 Å². The molecule has 0 fully saturated rings. The van der Waals surface area contributed by atoms with E-state index >= 15 is 0 Å². The Balaban J connectivity index is 1.81. The molecule has 3 aromatic rings. The number of nitrogens with one attached hydrogen (secondary N) is 1. The minimum absolute atomic E-state index is 0.115. The van der Waals surface area contributed by atoms with Gasteiger partial charge in [0.1, 0.15) is 11.4 Å². The first-order valence-electron chi connectivity index (χ1n) is 7.40. The largest absolute Gasteiger partial charge is 0.349 e. The number of hydrogen-bond acceptors (Lipinski definition) is 3. The van der Waals surface area contributed by atoms with Crippen LogP contribution in [0.3, 0.4) is 0 Å². The van der Waals surface area contributed by atoms with Crippen molar-refractivity contribution in [1.82, 2.24) is 20.1 Å². The molecular formula is C17H12BrClN4O. The van der Waals surface area contributed by atoms with Crippen LogP contribution in [0, 0.1) is 0 Å². The van der Waals surface area contributed by atoms with Gasteiger partial charge in [0.2, 0.25) is 0 Å². The minimum atomic E-state index is -0.115. The monoisotopic (exact) mass is 402 g/mol. The van der Waals surface area contributed by atoms with E-state index in [0.717, 1.165) is 22.5 Å². The summed E-state index contributed by atoms with van der Waals surface area (Å²) in [7, 11) is 0. The molecule has 4 rings (SSSR count). The fourth-order valence-electron chi connectivity index (χ4n) is 2.75. The molecule has 1 aliphatic heterocycles. The second kappa shape index (κ2) is 6.03. The molecule has 2 aromatic heterocycles. The average Bonchev–Trinajstić information content (AvgIpc) is 2.93. The third kappa shape index (κ3) is 2.61. The summed E-state index contributed by atoms with van der Waals surface area (Å²) in [6.07, 6.45) is 1.73. The fraction of sp³-hybridized carbons (Fsp3) is 0.118. The lowest BCUT2D eigenvalue weighted by Gasteiger charge is -2.13. The van der Waals surface area contributed by atoms with Gasteiger partial charge in [-0.2, -0.15) is 5.10 Å². The molecule has 0 radical (unpaired) electrons. The molecule has 0 atom stereocenters. The first kappa shape index (κ1) is 15.4. The third-order valence-corrected chi connectivity index (χ3v) is 4.86. The van der Waals surface area contributed by atoms with Crippen LogP contribution in [0.15, 0.2) is 47.1 Å². The van der Waals surface area contributed by atoms with Gasteiger partial charge in [0.25, 0.3) is 5.91 Å². The summed E-state index contributed by atoms with van der Waals surface area (Å²) in [4.78, 5) is 16.5. The van der Waals surface area contributed by atoms with Crippen molar-refractivity contribution in [3.63, 3.8) is 0 Å². The summed E-state index contributed by atoms with van der Waals surface area (Å²) in [6.45, 7) is 1.25. The zero-order chi connectivity index (χ0) is 16.7. The number of nitrogens with zero attached hydrogens (tertiary/aromatic N) is 3. The molecule has 0 spiro atoms. The zero-order valence-electron chi connectivity index (χ0n) is 12.5. The highest BCUT2D eigenvalue weighted by atomic mass is 79.9. The highest BCUT2D eigenvalue weighted by molar-refractivity contribution is 9.10. The molecule has 1 aliphatic rings. The van der Waals surface area contributed by atoms with E-state index < -0.39 is 0 Å². The van der Waals surface area contributed by atoms with E-state index in [2.05, 4.69) is 31.3 Å². The van der Waals surface area contributed by atoms with Crippen molar-refractivity contribution >= 4 is 33.4 Å². The van der Waals surface area contributed by atoms with E-state index in [1.165, 1.54) is 0 Å². The first-order valence-corrected chi connectivity index (χ1v) is 8.57. The van der Waals surface area contributed by atoms with Crippen molar-refractivity contribution in [3.8, 4) is 22.5 Å². The number of hydrogen-bond donors (Lipinski definition) is 1. The van der Waals surface area contributed by atoms with Crippen LogP contribution in [0.4, 0.5) is 0 Å². The van der Waals surface area contributed by atoms with E-state index in [1.807, 2.05) is 36.4 Å². The van der Waals surface area contributed by atoms with Gasteiger partial charge in [-0.15, -0.1) is 0 Å². The Morgan fingerprint density at radius 3 is 2.88 bits per heavy atom. The number of carbonyl (C=O) groups is 1. The van der Waals surface area contributed by atoms with E-state index in [1.54, 1.807) is 10.9 Å². The molecule has 7 heteroatoms. The number of fused-ring (bicyclic) bond motifs is 1. The number of benzene rings is 1. The van der Waals surface area contributed by atoms with Gasteiger partial charge in [0, 0.05) is 28.9 Å². The fourth-order valence-corrected chi connectivity index (χ4v) is 3.63. The second-order valence-corrected chi connectivity index (χ2v) is 6.66. The molecule has 0 aliphatic carbocycles. The molecule has 0 saturated carbocycles. The lowest BCUT2D eigenvalue weighted by molar-refractivity contribution is 0.0923. The van der Waals surface area contributed by atoms with Gasteiger partial charge in [0.05, 0.1) is 16.7 Å². The SMILES string of the molecule is O=C1NCCn2nc(-c3ccnc(-c4cccc(Cl)c4)c3)c(Br)c21. The lowest BCUT2D eigenvalue weighted by Crippen LogP contribution is -2.35. The van der Waals surface area contributed by atoms with Crippen LogP contribution in [0.2, 0.25) is 5.02 Å². The van der Waals surface area contributed by atoms with Crippen LogP contribution in [0.25, 0.3) is 22.5 Å². The van der Waals surface area contributed by atoms with Crippen LogP contribution >= 0.6 is 27.5 Å². The summed E-state index contributed by atoms with van der Waals surface area (Å²) in [6, 6.07) is 11.4. The topological polar surface area (TPSA) is 59.8 Å². The Labute approximate surface area is 151 Å². The predicted molar refractivity (Wildman–Crippen MR) is 95.9 cm³/mol. The highest BCUT2D eigenvalue weighted by Crippen LogP contribution is 2.33. The Kier molecular flexibility index (Phi) is 3.86. The van der Waals surface area contributed by atoms with E-state index in [-0.39, 0.29) is 5.91 Å². The van der Waals surface area contributed by atoms with Gasteiger partial charge in [-0.05, 0) is 40.2 Å². The number of rotatable bonds is 2. The zero-order valence-corrected chi connectivity index (χ0v) is 14.8. The first-order chi connectivity index (χ1) is 11.6. The number of aromatic nitrogens is 3. The highest BCUT2D eigenvalue weighted by Gasteiger charge is 2.25. The number of pyridine rings is 1. The standard InChI is InChI=1S/C17H12BrClN4O/c18-14-15(22-23-7-6-21-17(24)16(14)23)11-4-5-20-13(9-11)10-2-1-3-12(19)8-10/h1-5,8-9H,6-7H2,(H,21,24). The molecule has 3 heterocycles. The maximum Gasteiger partial charge on any atom is 0.270 e. The Bertz CT molecular complexity index is 954. The van der Waals surface area contributed by atoms with Crippen LogP contribution in [-0.4, -0.2) is 27.2 Å². The number of amides is 1. The summed E-state index contributed by atoms with van der Waals surface area (Å²) in [5.74, 6) is -0.115. The van der Waals surface area contributed by atoms with Gasteiger partial charge in [-0.25, -0.2) is 0 Å². The Morgan fingerprint density at radius 2 is 2.08 bits per heavy atom. The van der Waals surface area contributed by atoms with Crippen LogP contribution in [-0.2, 0) is 6.54 Å². The van der Waals surface area contributed by atoms with Gasteiger partial charge in [-0.1, -0.05) is 23.7 Å². The normalized spacial score (nSPS) is 13.5. The molecule has 0 unspecified atom stereocenters. The summed E-state index contributed by atoms with van der Waals surface area (Å²) >= 11 is 9.59. The van der Waals surface area contributed by atoms with Crippen molar-refractivity contribution < 1.29 is 4.79 Å². The molecule has 1 aromatic carbocycles. The van der Waals surface area contributed by atoms with E-state index in [9.17, 15) is 4.79 Å². The second-order valence-electron chi connectivity index (χ2n) is 5.43. The molecule has 24 heavy (non-hydrogen) atoms. The van der Waals surface area contributed by atoms with Gasteiger partial charge in [-0.3, -0.25) is 14.5 Å². The van der Waals surface area contributed by atoms with Gasteiger partial charge < -0.3 is 5.32 Å². The van der Waals surface area contributed by atoms with Crippen molar-refractivity contribution in [2.75, 3.05) is 6.54 Å². The molecule has 0 bridgehead atoms. The van der Waals surface area contributed by atoms with Crippen LogP contribution in [0.1, 0.15) is 10.5 Å². The molecule has 0 saturated heterocycles. The lowest BCUT2D eigenvalue weighted by atomic mass is 10.1. The maximum atomic E-state index is 12.0. The summed E-state index contributed by atoms with van der Waals surface area (Å²) < 4.78 is 2.43. The van der Waals surface area contributed by atoms with E-state index in [4.69, 9.17) is 11.6 Å². The van der Waals surface area contributed by atoms with Crippen molar-refractivity contribution in [2.45, 2.75) is 6.54 Å². The summed E-state index contributed by atoms with van der Waals surface area (Å²) in [5, 5.41) is 8.07. The van der Waals surface area contributed by atoms with Crippen molar-refractivity contribution in [2.24, 2.45) is 0 Å². The average molecular weight is 404 g/mol. The Morgan fingerprint density at radius 1 is 1.21 bits per heavy atom. The number of carbonyl (C=O) groups excluding carboxylic acids is 1. The molecule has 1 amide bonds. The van der Waals surface area contributed by atoms with Crippen LogP contribution < -0.4 is 5.32 Å². The summed E-state index contributed by atoms with van der Waals surface area (Å²) in [5.41, 5.74) is 3.91. The van der Waals surface area contributed by atoms with Gasteiger partial charge in [0.15, 0.2) is 0 Å². The van der Waals surface area contributed by atoms with Crippen molar-refractivity contribution in [1.29, 1.82) is 0 Å². The quantitative estimate of drug-likeness (QED) is 0.708. The van der Waals surface area contributed by atoms with Crippen LogP contribution in [0.5, 0.6) is 0 Å². The van der Waals surface area contributed by atoms with Crippen molar-refractivity contribution in [3.05, 3.63) is 57.8 Å². The third-order valence-electron chi connectivity index (χ3n) is 3.87. The Hall–Kier alpha value is -2.18. The molecular weight excluding hydrogens is 392 g/mol. The smallest absolute Gasteiger partial charge is 0.270 e. The number of halogens is 2. The molecule has 1 N–H and O–H groups in total. The maximum absolute atomic E-state index is 12.0.